The molecule has 0 unspecified atom stereocenters. The molecule has 0 saturated carbocycles. The van der Waals surface area contributed by atoms with Crippen LogP contribution in [0.1, 0.15) is 31.7 Å². The number of halogens is 1. The zero-order chi connectivity index (χ0) is 13.7. The molecule has 1 aromatic rings. The number of aryl methyl sites for hydroxylation is 2. The fraction of sp³-hybridized carbons (Fsp3) is 0.615. The van der Waals surface area contributed by atoms with Crippen LogP contribution in [0.3, 0.4) is 0 Å². The second-order valence-electron chi connectivity index (χ2n) is 4.76. The van der Waals surface area contributed by atoms with Gasteiger partial charge in [0.2, 0.25) is 0 Å². The molecule has 0 fully saturated rings. The summed E-state index contributed by atoms with van der Waals surface area (Å²) in [4.78, 5) is 10.8. The summed E-state index contributed by atoms with van der Waals surface area (Å²) < 4.78 is 0. The van der Waals surface area contributed by atoms with E-state index in [9.17, 15) is 0 Å². The molecule has 0 aliphatic carbocycles. The Kier molecular flexibility index (Phi) is 5.36. The lowest BCUT2D eigenvalue weighted by molar-refractivity contribution is 0.606. The van der Waals surface area contributed by atoms with Gasteiger partial charge in [-0.2, -0.15) is 5.26 Å². The maximum Gasteiger partial charge on any atom is 0.171 e. The van der Waals surface area contributed by atoms with Gasteiger partial charge in [-0.15, -0.1) is 0 Å². The molecule has 0 aromatic carbocycles. The highest BCUT2D eigenvalue weighted by atomic mass is 35.5. The van der Waals surface area contributed by atoms with Crippen molar-refractivity contribution >= 4 is 17.4 Å². The van der Waals surface area contributed by atoms with Crippen LogP contribution < -0.4 is 4.90 Å². The van der Waals surface area contributed by atoms with Crippen LogP contribution in [0.15, 0.2) is 0 Å². The Morgan fingerprint density at radius 1 is 1.28 bits per heavy atom. The van der Waals surface area contributed by atoms with Gasteiger partial charge >= 0.3 is 0 Å². The number of anilines is 1. The molecule has 1 aromatic heterocycles. The summed E-state index contributed by atoms with van der Waals surface area (Å²) in [5.41, 5.74) is 1.72. The standard InChI is InChI=1S/C13H19ClN4/c1-9(2)8-18(7-5-6-15)13-12(14)16-10(3)11(4)17-13/h9H,5,7-8H2,1-4H3. The summed E-state index contributed by atoms with van der Waals surface area (Å²) >= 11 is 6.16. The van der Waals surface area contributed by atoms with Gasteiger partial charge in [-0.3, -0.25) is 0 Å². The molecule has 1 heterocycles. The van der Waals surface area contributed by atoms with Crippen molar-refractivity contribution in [2.24, 2.45) is 5.92 Å². The van der Waals surface area contributed by atoms with Crippen LogP contribution in [0.25, 0.3) is 0 Å². The van der Waals surface area contributed by atoms with Gasteiger partial charge in [0.05, 0.1) is 23.9 Å². The van der Waals surface area contributed by atoms with Crippen molar-refractivity contribution in [3.8, 4) is 6.07 Å². The minimum Gasteiger partial charge on any atom is -0.353 e. The average Bonchev–Trinajstić information content (AvgIpc) is 2.29. The summed E-state index contributed by atoms with van der Waals surface area (Å²) in [5.74, 6) is 1.16. The number of aromatic nitrogens is 2. The first-order valence-corrected chi connectivity index (χ1v) is 6.46. The van der Waals surface area contributed by atoms with Gasteiger partial charge in [0.15, 0.2) is 11.0 Å². The van der Waals surface area contributed by atoms with E-state index in [0.717, 1.165) is 17.9 Å². The van der Waals surface area contributed by atoms with E-state index in [-0.39, 0.29) is 0 Å². The SMILES string of the molecule is Cc1nc(Cl)c(N(CCC#N)CC(C)C)nc1C. The van der Waals surface area contributed by atoms with Crippen LogP contribution in [0, 0.1) is 31.1 Å². The molecule has 0 N–H and O–H groups in total. The first-order valence-electron chi connectivity index (χ1n) is 6.08. The molecule has 0 saturated heterocycles. The molecule has 1 rings (SSSR count). The molecular weight excluding hydrogens is 248 g/mol. The molecule has 0 amide bonds. The van der Waals surface area contributed by atoms with Crippen LogP contribution in [0.2, 0.25) is 5.15 Å². The van der Waals surface area contributed by atoms with Gasteiger partial charge in [0.1, 0.15) is 0 Å². The molecule has 18 heavy (non-hydrogen) atoms. The highest BCUT2D eigenvalue weighted by molar-refractivity contribution is 6.31. The van der Waals surface area contributed by atoms with Crippen molar-refractivity contribution in [3.05, 3.63) is 16.5 Å². The van der Waals surface area contributed by atoms with E-state index in [1.54, 1.807) is 0 Å². The van der Waals surface area contributed by atoms with Crippen molar-refractivity contribution in [1.29, 1.82) is 5.26 Å². The van der Waals surface area contributed by atoms with Crippen molar-refractivity contribution in [2.75, 3.05) is 18.0 Å². The van der Waals surface area contributed by atoms with E-state index < -0.39 is 0 Å². The largest absolute Gasteiger partial charge is 0.353 e. The van der Waals surface area contributed by atoms with Crippen LogP contribution in [0.4, 0.5) is 5.82 Å². The lowest BCUT2D eigenvalue weighted by Gasteiger charge is -2.25. The highest BCUT2D eigenvalue weighted by Gasteiger charge is 2.15. The van der Waals surface area contributed by atoms with Gasteiger partial charge in [-0.1, -0.05) is 25.4 Å². The van der Waals surface area contributed by atoms with E-state index in [1.165, 1.54) is 0 Å². The van der Waals surface area contributed by atoms with E-state index in [2.05, 4.69) is 29.9 Å². The predicted molar refractivity (Wildman–Crippen MR) is 73.8 cm³/mol. The molecule has 0 radical (unpaired) electrons. The van der Waals surface area contributed by atoms with Gasteiger partial charge in [-0.05, 0) is 19.8 Å². The summed E-state index contributed by atoms with van der Waals surface area (Å²) in [5, 5.41) is 9.13. The Balaban J connectivity index is 3.04. The minimum atomic E-state index is 0.414. The first kappa shape index (κ1) is 14.7. The lowest BCUT2D eigenvalue weighted by Crippen LogP contribution is -2.30. The Morgan fingerprint density at radius 2 is 1.89 bits per heavy atom. The Hall–Kier alpha value is -1.34. The third-order valence-electron chi connectivity index (χ3n) is 2.63. The third-order valence-corrected chi connectivity index (χ3v) is 2.88. The quantitative estimate of drug-likeness (QED) is 0.822. The van der Waals surface area contributed by atoms with E-state index in [4.69, 9.17) is 16.9 Å². The fourth-order valence-electron chi connectivity index (χ4n) is 1.67. The monoisotopic (exact) mass is 266 g/mol. The summed E-state index contributed by atoms with van der Waals surface area (Å²) in [7, 11) is 0. The van der Waals surface area contributed by atoms with Crippen molar-refractivity contribution in [2.45, 2.75) is 34.1 Å². The van der Waals surface area contributed by atoms with Crippen molar-refractivity contribution in [3.63, 3.8) is 0 Å². The molecule has 0 bridgehead atoms. The molecule has 98 valence electrons. The summed E-state index contributed by atoms with van der Waals surface area (Å²) in [6.45, 7) is 9.51. The van der Waals surface area contributed by atoms with Crippen LogP contribution >= 0.6 is 11.6 Å². The number of rotatable bonds is 5. The molecule has 0 spiro atoms. The summed E-state index contributed by atoms with van der Waals surface area (Å²) in [6.07, 6.45) is 0.456. The molecule has 0 aliphatic rings. The second-order valence-corrected chi connectivity index (χ2v) is 5.11. The third kappa shape index (κ3) is 3.85. The summed E-state index contributed by atoms with van der Waals surface area (Å²) in [6, 6.07) is 2.15. The maximum atomic E-state index is 8.72. The predicted octanol–water partition coefficient (Wildman–Crippen LogP) is 3.12. The zero-order valence-corrected chi connectivity index (χ0v) is 12.1. The molecular formula is C13H19ClN4. The molecule has 0 aliphatic heterocycles. The van der Waals surface area contributed by atoms with Gasteiger partial charge < -0.3 is 4.90 Å². The minimum absolute atomic E-state index is 0.414. The van der Waals surface area contributed by atoms with Crippen molar-refractivity contribution in [1.82, 2.24) is 9.97 Å². The first-order chi connectivity index (χ1) is 8.45. The van der Waals surface area contributed by atoms with Gasteiger partial charge in [0.25, 0.3) is 0 Å². The smallest absolute Gasteiger partial charge is 0.171 e. The van der Waals surface area contributed by atoms with Crippen LogP contribution in [-0.4, -0.2) is 23.1 Å². The molecule has 0 atom stereocenters. The Bertz CT molecular complexity index is 451. The lowest BCUT2D eigenvalue weighted by atomic mass is 10.2. The van der Waals surface area contributed by atoms with Gasteiger partial charge in [-0.25, -0.2) is 9.97 Å². The maximum absolute atomic E-state index is 8.72. The number of hydrogen-bond acceptors (Lipinski definition) is 4. The molecule has 5 heteroatoms. The van der Waals surface area contributed by atoms with E-state index in [0.29, 0.717) is 29.9 Å². The van der Waals surface area contributed by atoms with Crippen LogP contribution in [0.5, 0.6) is 0 Å². The van der Waals surface area contributed by atoms with Crippen molar-refractivity contribution < 1.29 is 0 Å². The molecule has 4 nitrogen and oxygen atoms in total. The van der Waals surface area contributed by atoms with Crippen LogP contribution in [-0.2, 0) is 0 Å². The fourth-order valence-corrected chi connectivity index (χ4v) is 1.96. The highest BCUT2D eigenvalue weighted by Crippen LogP contribution is 2.23. The van der Waals surface area contributed by atoms with E-state index >= 15 is 0 Å². The Morgan fingerprint density at radius 3 is 2.44 bits per heavy atom. The topological polar surface area (TPSA) is 52.8 Å². The average molecular weight is 267 g/mol. The Labute approximate surface area is 114 Å². The number of nitriles is 1. The second kappa shape index (κ2) is 6.55. The van der Waals surface area contributed by atoms with E-state index in [1.807, 2.05) is 18.7 Å². The normalized spacial score (nSPS) is 10.5. The number of nitrogens with zero attached hydrogens (tertiary/aromatic N) is 4. The number of hydrogen-bond donors (Lipinski definition) is 0. The zero-order valence-electron chi connectivity index (χ0n) is 11.4. The van der Waals surface area contributed by atoms with Gasteiger partial charge in [0, 0.05) is 13.1 Å².